The zero-order valence-corrected chi connectivity index (χ0v) is 22.5. The van der Waals surface area contributed by atoms with Crippen molar-refractivity contribution in [2.45, 2.75) is 51.5 Å². The maximum Gasteiger partial charge on any atom is 0.279 e. The van der Waals surface area contributed by atoms with Crippen LogP contribution in [0.25, 0.3) is 16.6 Å². The lowest BCUT2D eigenvalue weighted by atomic mass is 9.55. The standard InChI is InChI=1S/C29H36ClN5O/c1-6-33(5)27(31-4)29(18-28(19-29)12-13-28)20-10-9-11-22(14-20)35-17-24(30)23-15-21(16-34(7-2)8-3)32-25(23)26(35)36/h6,9-11,14-15,17,32H,1,7-8,12-13,16,18-19H2,2-5H3. The Morgan fingerprint density at radius 3 is 2.58 bits per heavy atom. The fraction of sp³-hybridized carbons (Fsp3) is 0.448. The van der Waals surface area contributed by atoms with Gasteiger partial charge in [0.1, 0.15) is 11.4 Å². The van der Waals surface area contributed by atoms with Gasteiger partial charge in [0, 0.05) is 43.6 Å². The van der Waals surface area contributed by atoms with Crippen molar-refractivity contribution in [3.8, 4) is 5.69 Å². The number of nitrogens with zero attached hydrogens (tertiary/aromatic N) is 4. The van der Waals surface area contributed by atoms with Gasteiger partial charge in [0.25, 0.3) is 5.56 Å². The molecule has 0 bridgehead atoms. The van der Waals surface area contributed by atoms with E-state index < -0.39 is 0 Å². The lowest BCUT2D eigenvalue weighted by Gasteiger charge is -2.51. The summed E-state index contributed by atoms with van der Waals surface area (Å²) in [6.07, 6.45) is 8.31. The van der Waals surface area contributed by atoms with Gasteiger partial charge >= 0.3 is 0 Å². The summed E-state index contributed by atoms with van der Waals surface area (Å²) in [6, 6.07) is 10.3. The molecule has 0 unspecified atom stereocenters. The number of aromatic nitrogens is 2. The molecule has 6 nitrogen and oxygen atoms in total. The van der Waals surface area contributed by atoms with E-state index >= 15 is 0 Å². The molecule has 0 radical (unpaired) electrons. The summed E-state index contributed by atoms with van der Waals surface area (Å²) >= 11 is 6.72. The summed E-state index contributed by atoms with van der Waals surface area (Å²) in [5.74, 6) is 1.03. The molecule has 1 aromatic carbocycles. The average Bonchev–Trinajstić information content (AvgIpc) is 3.54. The van der Waals surface area contributed by atoms with Crippen LogP contribution in [0.1, 0.15) is 50.8 Å². The average molecular weight is 506 g/mol. The largest absolute Gasteiger partial charge is 0.353 e. The highest BCUT2D eigenvalue weighted by Crippen LogP contribution is 2.69. The Morgan fingerprint density at radius 1 is 1.25 bits per heavy atom. The molecule has 190 valence electrons. The summed E-state index contributed by atoms with van der Waals surface area (Å²) < 4.78 is 1.67. The predicted molar refractivity (Wildman–Crippen MR) is 149 cm³/mol. The Balaban J connectivity index is 1.57. The lowest BCUT2D eigenvalue weighted by molar-refractivity contribution is 0.173. The van der Waals surface area contributed by atoms with Gasteiger partial charge in [-0.15, -0.1) is 0 Å². The fourth-order valence-electron chi connectivity index (χ4n) is 6.19. The minimum Gasteiger partial charge on any atom is -0.353 e. The lowest BCUT2D eigenvalue weighted by Crippen LogP contribution is -2.53. The van der Waals surface area contributed by atoms with Crippen molar-refractivity contribution in [1.82, 2.24) is 19.4 Å². The number of nitrogens with one attached hydrogen (secondary N) is 1. The minimum atomic E-state index is -0.176. The van der Waals surface area contributed by atoms with Gasteiger partial charge in [0.2, 0.25) is 0 Å². The van der Waals surface area contributed by atoms with E-state index in [1.807, 2.05) is 43.4 Å². The molecular formula is C29H36ClN5O. The third-order valence-electron chi connectivity index (χ3n) is 8.33. The molecule has 1 spiro atoms. The van der Waals surface area contributed by atoms with Crippen LogP contribution in [0, 0.1) is 5.41 Å². The van der Waals surface area contributed by atoms with E-state index in [-0.39, 0.29) is 11.0 Å². The zero-order chi connectivity index (χ0) is 25.7. The predicted octanol–water partition coefficient (Wildman–Crippen LogP) is 5.73. The molecule has 5 rings (SSSR count). The van der Waals surface area contributed by atoms with Crippen LogP contribution >= 0.6 is 11.6 Å². The van der Waals surface area contributed by atoms with Crippen LogP contribution < -0.4 is 5.56 Å². The highest BCUT2D eigenvalue weighted by molar-refractivity contribution is 6.35. The number of hydrogen-bond acceptors (Lipinski definition) is 3. The molecule has 2 fully saturated rings. The van der Waals surface area contributed by atoms with Crippen LogP contribution in [-0.2, 0) is 12.0 Å². The second-order valence-corrected chi connectivity index (χ2v) is 10.9. The second kappa shape index (κ2) is 9.24. The number of rotatable bonds is 8. The number of likely N-dealkylation sites (N-methyl/N-ethyl adjacent to an activating group) is 1. The number of halogens is 1. The normalized spacial score (nSPS) is 18.0. The molecule has 1 N–H and O–H groups in total. The summed E-state index contributed by atoms with van der Waals surface area (Å²) in [5, 5.41) is 1.34. The monoisotopic (exact) mass is 505 g/mol. The molecule has 2 aliphatic rings. The molecule has 2 aromatic heterocycles. The molecule has 3 aromatic rings. The van der Waals surface area contributed by atoms with Gasteiger partial charge < -0.3 is 9.88 Å². The Morgan fingerprint density at radius 2 is 1.97 bits per heavy atom. The van der Waals surface area contributed by atoms with Crippen LogP contribution in [-0.4, -0.2) is 52.4 Å². The van der Waals surface area contributed by atoms with Crippen LogP contribution in [0.15, 0.2) is 59.1 Å². The Labute approximate surface area is 218 Å². The number of pyridine rings is 1. The van der Waals surface area contributed by atoms with E-state index in [0.29, 0.717) is 16.0 Å². The van der Waals surface area contributed by atoms with E-state index in [1.165, 1.54) is 18.4 Å². The Hall–Kier alpha value is -2.83. The summed E-state index contributed by atoms with van der Waals surface area (Å²) in [7, 11) is 3.87. The molecule has 2 saturated carbocycles. The summed E-state index contributed by atoms with van der Waals surface area (Å²) in [4.78, 5) is 26.0. The van der Waals surface area contributed by atoms with Gasteiger partial charge in [0.05, 0.1) is 10.4 Å². The third kappa shape index (κ3) is 4.00. The first-order valence-electron chi connectivity index (χ1n) is 12.9. The maximum atomic E-state index is 13.6. The van der Waals surface area contributed by atoms with Crippen molar-refractivity contribution in [2.24, 2.45) is 10.4 Å². The van der Waals surface area contributed by atoms with E-state index in [2.05, 4.69) is 42.4 Å². The van der Waals surface area contributed by atoms with Crippen molar-refractivity contribution in [3.05, 3.63) is 75.9 Å². The number of aliphatic imine (C=N–C) groups is 1. The van der Waals surface area contributed by atoms with Gasteiger partial charge in [-0.2, -0.15) is 0 Å². The van der Waals surface area contributed by atoms with E-state index in [1.54, 1.807) is 10.8 Å². The summed E-state index contributed by atoms with van der Waals surface area (Å²) in [6.45, 7) is 10.9. The molecule has 0 amide bonds. The minimum absolute atomic E-state index is 0.0914. The van der Waals surface area contributed by atoms with Crippen LogP contribution in [0.4, 0.5) is 0 Å². The highest BCUT2D eigenvalue weighted by atomic mass is 35.5. The Bertz CT molecular complexity index is 1380. The van der Waals surface area contributed by atoms with Gasteiger partial charge in [-0.3, -0.25) is 19.3 Å². The first-order chi connectivity index (χ1) is 17.3. The van der Waals surface area contributed by atoms with Crippen molar-refractivity contribution in [2.75, 3.05) is 27.2 Å². The summed E-state index contributed by atoms with van der Waals surface area (Å²) in [5.41, 5.74) is 3.74. The number of aromatic amines is 1. The van der Waals surface area contributed by atoms with Crippen molar-refractivity contribution >= 4 is 28.3 Å². The van der Waals surface area contributed by atoms with Gasteiger partial charge in [0.15, 0.2) is 0 Å². The van der Waals surface area contributed by atoms with Crippen molar-refractivity contribution in [1.29, 1.82) is 0 Å². The molecule has 0 atom stereocenters. The number of hydrogen-bond donors (Lipinski definition) is 1. The second-order valence-electron chi connectivity index (χ2n) is 10.5. The molecular weight excluding hydrogens is 470 g/mol. The van der Waals surface area contributed by atoms with E-state index in [9.17, 15) is 4.79 Å². The van der Waals surface area contributed by atoms with Crippen LogP contribution in [0.3, 0.4) is 0 Å². The van der Waals surface area contributed by atoms with Crippen LogP contribution in [0.5, 0.6) is 0 Å². The molecule has 36 heavy (non-hydrogen) atoms. The van der Waals surface area contributed by atoms with Crippen molar-refractivity contribution < 1.29 is 0 Å². The number of amidine groups is 1. The third-order valence-corrected chi connectivity index (χ3v) is 8.63. The number of H-pyrrole nitrogens is 1. The molecule has 2 aliphatic carbocycles. The first kappa shape index (κ1) is 24.8. The maximum absolute atomic E-state index is 13.6. The SMILES string of the molecule is C=CN(C)C(=NC)C1(c2cccc(-n3cc(Cl)c4cc(CN(CC)CC)[nH]c4c3=O)c2)CC2(CC2)C1. The molecule has 2 heterocycles. The smallest absolute Gasteiger partial charge is 0.279 e. The van der Waals surface area contributed by atoms with Gasteiger partial charge in [-0.25, -0.2) is 0 Å². The van der Waals surface area contributed by atoms with Crippen molar-refractivity contribution in [3.63, 3.8) is 0 Å². The number of fused-ring (bicyclic) bond motifs is 1. The molecule has 7 heteroatoms. The molecule has 0 aliphatic heterocycles. The Kier molecular flexibility index (Phi) is 6.38. The fourth-order valence-corrected chi connectivity index (χ4v) is 6.44. The quantitative estimate of drug-likeness (QED) is 0.314. The van der Waals surface area contributed by atoms with Crippen LogP contribution in [0.2, 0.25) is 5.02 Å². The van der Waals surface area contributed by atoms with Gasteiger partial charge in [-0.05, 0) is 74.2 Å². The van der Waals surface area contributed by atoms with E-state index in [4.69, 9.17) is 16.6 Å². The van der Waals surface area contributed by atoms with E-state index in [0.717, 1.165) is 55.1 Å². The first-order valence-corrected chi connectivity index (χ1v) is 13.3. The molecule has 0 saturated heterocycles. The highest BCUT2D eigenvalue weighted by Gasteiger charge is 2.63. The van der Waals surface area contributed by atoms with Gasteiger partial charge in [-0.1, -0.05) is 44.2 Å². The topological polar surface area (TPSA) is 56.6 Å². The zero-order valence-electron chi connectivity index (χ0n) is 21.8. The number of benzene rings is 1.